The van der Waals surface area contributed by atoms with Crippen LogP contribution in [0.4, 0.5) is 0 Å². The van der Waals surface area contributed by atoms with Crippen molar-refractivity contribution >= 4 is 5.91 Å². The molecule has 140 valence electrons. The Kier molecular flexibility index (Phi) is 5.52. The van der Waals surface area contributed by atoms with Crippen LogP contribution >= 0.6 is 0 Å². The minimum Gasteiger partial charge on any atom is -0.497 e. The van der Waals surface area contributed by atoms with Gasteiger partial charge in [-0.1, -0.05) is 0 Å². The van der Waals surface area contributed by atoms with Crippen molar-refractivity contribution in [2.75, 3.05) is 40.4 Å². The number of amides is 1. The normalized spacial score (nSPS) is 15.2. The first kappa shape index (κ1) is 18.3. The first-order valence-electron chi connectivity index (χ1n) is 8.81. The third-order valence-electron chi connectivity index (χ3n) is 4.81. The van der Waals surface area contributed by atoms with E-state index in [1.807, 2.05) is 43.0 Å². The number of methoxy groups -OCH3 is 2. The molecule has 0 spiro atoms. The van der Waals surface area contributed by atoms with Crippen molar-refractivity contribution < 1.29 is 18.7 Å². The molecule has 0 saturated carbocycles. The summed E-state index contributed by atoms with van der Waals surface area (Å²) in [5.41, 5.74) is 1.76. The second-order valence-electron chi connectivity index (χ2n) is 6.57. The highest BCUT2D eigenvalue weighted by Crippen LogP contribution is 2.26. The zero-order chi connectivity index (χ0) is 18.7. The fourth-order valence-electron chi connectivity index (χ4n) is 3.37. The summed E-state index contributed by atoms with van der Waals surface area (Å²) in [4.78, 5) is 16.9. The summed E-state index contributed by atoms with van der Waals surface area (Å²) in [6.45, 7) is 7.52. The summed E-state index contributed by atoms with van der Waals surface area (Å²) < 4.78 is 16.3. The average Bonchev–Trinajstić information content (AvgIpc) is 2.99. The largest absolute Gasteiger partial charge is 0.497 e. The van der Waals surface area contributed by atoms with E-state index < -0.39 is 0 Å². The van der Waals surface area contributed by atoms with E-state index >= 15 is 0 Å². The molecule has 26 heavy (non-hydrogen) atoms. The van der Waals surface area contributed by atoms with Gasteiger partial charge in [-0.15, -0.1) is 0 Å². The molecule has 0 aliphatic carbocycles. The van der Waals surface area contributed by atoms with Crippen LogP contribution < -0.4 is 9.47 Å². The van der Waals surface area contributed by atoms with Crippen molar-refractivity contribution in [2.45, 2.75) is 20.4 Å². The Balaban J connectivity index is 1.62. The van der Waals surface area contributed by atoms with Crippen LogP contribution in [0, 0.1) is 13.8 Å². The van der Waals surface area contributed by atoms with Gasteiger partial charge in [-0.05, 0) is 38.1 Å². The lowest BCUT2D eigenvalue weighted by Crippen LogP contribution is -2.48. The first-order valence-corrected chi connectivity index (χ1v) is 8.81. The Morgan fingerprint density at radius 1 is 1.08 bits per heavy atom. The summed E-state index contributed by atoms with van der Waals surface area (Å²) in [5.74, 6) is 3.19. The van der Waals surface area contributed by atoms with Crippen molar-refractivity contribution in [3.63, 3.8) is 0 Å². The standard InChI is InChI=1S/C20H26N2O4/c1-14-11-18(15(2)26-14)20(23)22-9-7-21(8-10-22)13-16-12-17(24-3)5-6-19(16)25-4/h5-6,11-12H,7-10,13H2,1-4H3. The summed E-state index contributed by atoms with van der Waals surface area (Å²) in [7, 11) is 3.34. The van der Waals surface area contributed by atoms with Crippen LogP contribution in [-0.2, 0) is 6.54 Å². The Morgan fingerprint density at radius 2 is 1.81 bits per heavy atom. The summed E-state index contributed by atoms with van der Waals surface area (Å²) in [6, 6.07) is 7.66. The summed E-state index contributed by atoms with van der Waals surface area (Å²) in [6.07, 6.45) is 0. The van der Waals surface area contributed by atoms with Gasteiger partial charge in [0.2, 0.25) is 0 Å². The molecule has 2 aromatic rings. The van der Waals surface area contributed by atoms with E-state index in [0.29, 0.717) is 24.4 Å². The Bertz CT molecular complexity index is 776. The maximum absolute atomic E-state index is 12.7. The van der Waals surface area contributed by atoms with Gasteiger partial charge in [-0.25, -0.2) is 0 Å². The molecule has 0 N–H and O–H groups in total. The predicted octanol–water partition coefficient (Wildman–Crippen LogP) is 2.87. The van der Waals surface area contributed by atoms with Crippen molar-refractivity contribution in [3.8, 4) is 11.5 Å². The molecular weight excluding hydrogens is 332 g/mol. The van der Waals surface area contributed by atoms with Crippen molar-refractivity contribution in [3.05, 3.63) is 46.9 Å². The first-order chi connectivity index (χ1) is 12.5. The maximum atomic E-state index is 12.7. The van der Waals surface area contributed by atoms with Gasteiger partial charge in [0.15, 0.2) is 0 Å². The van der Waals surface area contributed by atoms with Crippen LogP contribution in [0.25, 0.3) is 0 Å². The van der Waals surface area contributed by atoms with Gasteiger partial charge in [0.1, 0.15) is 23.0 Å². The van der Waals surface area contributed by atoms with Crippen molar-refractivity contribution in [1.29, 1.82) is 0 Å². The van der Waals surface area contributed by atoms with Gasteiger partial charge < -0.3 is 18.8 Å². The number of carbonyl (C=O) groups is 1. The molecule has 0 unspecified atom stereocenters. The second-order valence-corrected chi connectivity index (χ2v) is 6.57. The highest BCUT2D eigenvalue weighted by molar-refractivity contribution is 5.95. The summed E-state index contributed by atoms with van der Waals surface area (Å²) in [5, 5.41) is 0. The second kappa shape index (κ2) is 7.83. The molecule has 6 heteroatoms. The molecular formula is C20H26N2O4. The van der Waals surface area contributed by atoms with Crippen LogP contribution in [0.1, 0.15) is 27.4 Å². The smallest absolute Gasteiger partial charge is 0.257 e. The van der Waals surface area contributed by atoms with Gasteiger partial charge in [-0.2, -0.15) is 0 Å². The SMILES string of the molecule is COc1ccc(OC)c(CN2CCN(C(=O)c3cc(C)oc3C)CC2)c1. The van der Waals surface area contributed by atoms with E-state index in [1.54, 1.807) is 14.2 Å². The van der Waals surface area contributed by atoms with Crippen LogP contribution in [0.5, 0.6) is 11.5 Å². The molecule has 1 aromatic carbocycles. The zero-order valence-corrected chi connectivity index (χ0v) is 15.9. The molecule has 1 fully saturated rings. The number of aryl methyl sites for hydroxylation is 2. The van der Waals surface area contributed by atoms with E-state index in [0.717, 1.165) is 42.5 Å². The van der Waals surface area contributed by atoms with E-state index in [-0.39, 0.29) is 5.91 Å². The van der Waals surface area contributed by atoms with Crippen LogP contribution in [-0.4, -0.2) is 56.1 Å². The number of hydrogen-bond donors (Lipinski definition) is 0. The molecule has 1 amide bonds. The van der Waals surface area contributed by atoms with Crippen molar-refractivity contribution in [2.24, 2.45) is 0 Å². The maximum Gasteiger partial charge on any atom is 0.257 e. The molecule has 3 rings (SSSR count). The van der Waals surface area contributed by atoms with E-state index in [9.17, 15) is 4.79 Å². The van der Waals surface area contributed by atoms with Crippen molar-refractivity contribution in [1.82, 2.24) is 9.80 Å². The number of furan rings is 1. The number of nitrogens with zero attached hydrogens (tertiary/aromatic N) is 2. The molecule has 6 nitrogen and oxygen atoms in total. The van der Waals surface area contributed by atoms with E-state index in [1.165, 1.54) is 0 Å². The summed E-state index contributed by atoms with van der Waals surface area (Å²) >= 11 is 0. The van der Waals surface area contributed by atoms with Gasteiger partial charge in [0.25, 0.3) is 5.91 Å². The topological polar surface area (TPSA) is 55.2 Å². The Labute approximate surface area is 154 Å². The van der Waals surface area contributed by atoms with E-state index in [4.69, 9.17) is 13.9 Å². The predicted molar refractivity (Wildman–Crippen MR) is 98.9 cm³/mol. The quantitative estimate of drug-likeness (QED) is 0.823. The molecule has 1 saturated heterocycles. The highest BCUT2D eigenvalue weighted by Gasteiger charge is 2.25. The van der Waals surface area contributed by atoms with Gasteiger partial charge >= 0.3 is 0 Å². The van der Waals surface area contributed by atoms with Crippen LogP contribution in [0.15, 0.2) is 28.7 Å². The molecule has 0 atom stereocenters. The monoisotopic (exact) mass is 358 g/mol. The molecule has 0 bridgehead atoms. The number of piperazine rings is 1. The van der Waals surface area contributed by atoms with Crippen LogP contribution in [0.3, 0.4) is 0 Å². The molecule has 1 aromatic heterocycles. The van der Waals surface area contributed by atoms with Gasteiger partial charge in [-0.3, -0.25) is 9.69 Å². The highest BCUT2D eigenvalue weighted by atomic mass is 16.5. The van der Waals surface area contributed by atoms with Crippen LogP contribution in [0.2, 0.25) is 0 Å². The third kappa shape index (κ3) is 3.85. The zero-order valence-electron chi connectivity index (χ0n) is 15.9. The number of rotatable bonds is 5. The average molecular weight is 358 g/mol. The molecule has 0 radical (unpaired) electrons. The minimum absolute atomic E-state index is 0.0537. The molecule has 2 heterocycles. The number of hydrogen-bond acceptors (Lipinski definition) is 5. The van der Waals surface area contributed by atoms with Gasteiger partial charge in [0, 0.05) is 38.3 Å². The molecule has 1 aliphatic heterocycles. The van der Waals surface area contributed by atoms with Gasteiger partial charge in [0.05, 0.1) is 19.8 Å². The fourth-order valence-corrected chi connectivity index (χ4v) is 3.37. The Morgan fingerprint density at radius 3 is 2.38 bits per heavy atom. The lowest BCUT2D eigenvalue weighted by molar-refractivity contribution is 0.0625. The third-order valence-corrected chi connectivity index (χ3v) is 4.81. The Hall–Kier alpha value is -2.47. The fraction of sp³-hybridized carbons (Fsp3) is 0.450. The number of carbonyl (C=O) groups excluding carboxylic acids is 1. The van der Waals surface area contributed by atoms with E-state index in [2.05, 4.69) is 4.90 Å². The minimum atomic E-state index is 0.0537. The molecule has 1 aliphatic rings. The lowest BCUT2D eigenvalue weighted by atomic mass is 10.1. The lowest BCUT2D eigenvalue weighted by Gasteiger charge is -2.35. The number of ether oxygens (including phenoxy) is 2. The number of benzene rings is 1.